The number of nitrogens with zero attached hydrogens (tertiary/aromatic N) is 2. The molecule has 1 N–H and O–H groups in total. The van der Waals surface area contributed by atoms with E-state index in [0.717, 1.165) is 37.9 Å². The van der Waals surface area contributed by atoms with Crippen LogP contribution in [0.4, 0.5) is 0 Å². The minimum absolute atomic E-state index is 0.759. The third-order valence-electron chi connectivity index (χ3n) is 3.71. The molecule has 0 aromatic carbocycles. The van der Waals surface area contributed by atoms with Crippen molar-refractivity contribution in [2.45, 2.75) is 45.7 Å². The Morgan fingerprint density at radius 1 is 1.53 bits per heavy atom. The van der Waals surface area contributed by atoms with Gasteiger partial charge in [0.15, 0.2) is 0 Å². The van der Waals surface area contributed by atoms with E-state index in [2.05, 4.69) is 23.7 Å². The van der Waals surface area contributed by atoms with Gasteiger partial charge in [0.2, 0.25) is 0 Å². The Hall–Kier alpha value is -0.830. The highest BCUT2D eigenvalue weighted by atomic mass is 15.2. The SMILES string of the molecule is CCc1nc2c(n1C1CC1C)CCNC2. The fourth-order valence-corrected chi connectivity index (χ4v) is 2.69. The molecule has 2 heterocycles. The molecule has 2 unspecified atom stereocenters. The van der Waals surface area contributed by atoms with Gasteiger partial charge in [0.25, 0.3) is 0 Å². The lowest BCUT2D eigenvalue weighted by atomic mass is 10.2. The summed E-state index contributed by atoms with van der Waals surface area (Å²) in [6.45, 7) is 6.64. The smallest absolute Gasteiger partial charge is 0.109 e. The van der Waals surface area contributed by atoms with Crippen molar-refractivity contribution in [3.63, 3.8) is 0 Å². The molecule has 1 saturated carbocycles. The van der Waals surface area contributed by atoms with Crippen LogP contribution in [0.1, 0.15) is 43.5 Å². The lowest BCUT2D eigenvalue weighted by Crippen LogP contribution is -2.25. The maximum Gasteiger partial charge on any atom is 0.109 e. The van der Waals surface area contributed by atoms with Crippen LogP contribution in [0.3, 0.4) is 0 Å². The molecular weight excluding hydrogens is 186 g/mol. The molecule has 1 aliphatic carbocycles. The Balaban J connectivity index is 2.04. The van der Waals surface area contributed by atoms with Crippen molar-refractivity contribution < 1.29 is 0 Å². The van der Waals surface area contributed by atoms with E-state index >= 15 is 0 Å². The number of hydrogen-bond donors (Lipinski definition) is 1. The second-order valence-electron chi connectivity index (χ2n) is 4.85. The average Bonchev–Trinajstić information content (AvgIpc) is 2.85. The van der Waals surface area contributed by atoms with Crippen LogP contribution in [0.5, 0.6) is 0 Å². The van der Waals surface area contributed by atoms with E-state index in [1.54, 1.807) is 0 Å². The van der Waals surface area contributed by atoms with Crippen LogP contribution in [-0.2, 0) is 19.4 Å². The highest BCUT2D eigenvalue weighted by molar-refractivity contribution is 5.23. The first kappa shape index (κ1) is 9.40. The standard InChI is InChI=1S/C12H19N3/c1-3-12-14-9-7-13-5-4-10(9)15(12)11-6-8(11)2/h8,11,13H,3-7H2,1-2H3. The monoisotopic (exact) mass is 205 g/mol. The Morgan fingerprint density at radius 3 is 3.00 bits per heavy atom. The molecule has 1 aliphatic heterocycles. The molecule has 3 rings (SSSR count). The summed E-state index contributed by atoms with van der Waals surface area (Å²) in [4.78, 5) is 4.77. The van der Waals surface area contributed by atoms with E-state index in [1.165, 1.54) is 23.6 Å². The second-order valence-corrected chi connectivity index (χ2v) is 4.85. The van der Waals surface area contributed by atoms with Gasteiger partial charge in [-0.1, -0.05) is 13.8 Å². The molecule has 2 atom stereocenters. The summed E-state index contributed by atoms with van der Waals surface area (Å²) in [5.74, 6) is 2.17. The van der Waals surface area contributed by atoms with Gasteiger partial charge in [-0.25, -0.2) is 4.98 Å². The van der Waals surface area contributed by atoms with E-state index in [4.69, 9.17) is 4.98 Å². The normalized spacial score (nSPS) is 28.9. The summed E-state index contributed by atoms with van der Waals surface area (Å²) >= 11 is 0. The molecule has 1 fully saturated rings. The van der Waals surface area contributed by atoms with E-state index in [0.29, 0.717) is 0 Å². The van der Waals surface area contributed by atoms with Gasteiger partial charge in [-0.15, -0.1) is 0 Å². The number of rotatable bonds is 2. The molecule has 82 valence electrons. The second kappa shape index (κ2) is 3.34. The van der Waals surface area contributed by atoms with Gasteiger partial charge in [0, 0.05) is 37.7 Å². The first-order valence-electron chi connectivity index (χ1n) is 6.10. The van der Waals surface area contributed by atoms with Crippen molar-refractivity contribution in [1.29, 1.82) is 0 Å². The Morgan fingerprint density at radius 2 is 2.33 bits per heavy atom. The van der Waals surface area contributed by atoms with E-state index in [9.17, 15) is 0 Å². The third-order valence-corrected chi connectivity index (χ3v) is 3.71. The van der Waals surface area contributed by atoms with Gasteiger partial charge in [0.05, 0.1) is 5.69 Å². The first-order chi connectivity index (χ1) is 7.31. The van der Waals surface area contributed by atoms with E-state index in [-0.39, 0.29) is 0 Å². The van der Waals surface area contributed by atoms with Gasteiger partial charge >= 0.3 is 0 Å². The highest BCUT2D eigenvalue weighted by Crippen LogP contribution is 2.45. The van der Waals surface area contributed by atoms with Crippen LogP contribution in [-0.4, -0.2) is 16.1 Å². The molecular formula is C12H19N3. The largest absolute Gasteiger partial charge is 0.328 e. The first-order valence-corrected chi connectivity index (χ1v) is 6.10. The number of aryl methyl sites for hydroxylation is 1. The maximum atomic E-state index is 4.77. The third kappa shape index (κ3) is 1.41. The Kier molecular flexibility index (Phi) is 2.09. The fourth-order valence-electron chi connectivity index (χ4n) is 2.69. The van der Waals surface area contributed by atoms with Crippen molar-refractivity contribution >= 4 is 0 Å². The molecule has 0 spiro atoms. The minimum Gasteiger partial charge on any atom is -0.328 e. The average molecular weight is 205 g/mol. The quantitative estimate of drug-likeness (QED) is 0.796. The molecule has 3 nitrogen and oxygen atoms in total. The highest BCUT2D eigenvalue weighted by Gasteiger charge is 2.38. The van der Waals surface area contributed by atoms with E-state index < -0.39 is 0 Å². The van der Waals surface area contributed by atoms with Crippen LogP contribution < -0.4 is 5.32 Å². The molecule has 1 aromatic heterocycles. The number of imidazole rings is 1. The van der Waals surface area contributed by atoms with Gasteiger partial charge in [-0.3, -0.25) is 0 Å². The van der Waals surface area contributed by atoms with Crippen molar-refractivity contribution in [3.8, 4) is 0 Å². The maximum absolute atomic E-state index is 4.77. The zero-order valence-electron chi connectivity index (χ0n) is 9.58. The predicted octanol–water partition coefficient (Wildman–Crippen LogP) is 1.67. The molecule has 0 saturated heterocycles. The summed E-state index contributed by atoms with van der Waals surface area (Å²) in [5, 5.41) is 3.40. The van der Waals surface area contributed by atoms with Crippen LogP contribution in [0, 0.1) is 5.92 Å². The van der Waals surface area contributed by atoms with Gasteiger partial charge in [0.1, 0.15) is 5.82 Å². The lowest BCUT2D eigenvalue weighted by Gasteiger charge is -2.15. The Labute approximate surface area is 90.9 Å². The summed E-state index contributed by atoms with van der Waals surface area (Å²) in [7, 11) is 0. The van der Waals surface area contributed by atoms with Crippen molar-refractivity contribution in [1.82, 2.24) is 14.9 Å². The van der Waals surface area contributed by atoms with Crippen LogP contribution in [0.15, 0.2) is 0 Å². The zero-order chi connectivity index (χ0) is 10.4. The van der Waals surface area contributed by atoms with Crippen LogP contribution >= 0.6 is 0 Å². The van der Waals surface area contributed by atoms with Gasteiger partial charge < -0.3 is 9.88 Å². The molecule has 0 radical (unpaired) electrons. The number of fused-ring (bicyclic) bond motifs is 1. The molecule has 3 heteroatoms. The number of aromatic nitrogens is 2. The van der Waals surface area contributed by atoms with Crippen molar-refractivity contribution in [2.75, 3.05) is 6.54 Å². The molecule has 0 amide bonds. The molecule has 15 heavy (non-hydrogen) atoms. The summed E-state index contributed by atoms with van der Waals surface area (Å²) in [6, 6.07) is 0.759. The summed E-state index contributed by atoms with van der Waals surface area (Å²) < 4.78 is 2.54. The molecule has 2 aliphatic rings. The van der Waals surface area contributed by atoms with E-state index in [1.807, 2.05) is 0 Å². The van der Waals surface area contributed by atoms with Gasteiger partial charge in [-0.2, -0.15) is 0 Å². The molecule has 0 bridgehead atoms. The van der Waals surface area contributed by atoms with Crippen molar-refractivity contribution in [3.05, 3.63) is 17.2 Å². The summed E-state index contributed by atoms with van der Waals surface area (Å²) in [5.41, 5.74) is 2.82. The minimum atomic E-state index is 0.759. The predicted molar refractivity (Wildman–Crippen MR) is 59.8 cm³/mol. The fraction of sp³-hybridized carbons (Fsp3) is 0.750. The zero-order valence-corrected chi connectivity index (χ0v) is 9.58. The Bertz CT molecular complexity index is 380. The summed E-state index contributed by atoms with van der Waals surface area (Å²) in [6.07, 6.45) is 3.57. The number of hydrogen-bond acceptors (Lipinski definition) is 2. The number of nitrogens with one attached hydrogen (secondary N) is 1. The van der Waals surface area contributed by atoms with Crippen LogP contribution in [0.2, 0.25) is 0 Å². The lowest BCUT2D eigenvalue weighted by molar-refractivity contribution is 0.572. The van der Waals surface area contributed by atoms with Crippen LogP contribution in [0.25, 0.3) is 0 Å². The van der Waals surface area contributed by atoms with Gasteiger partial charge in [-0.05, 0) is 12.3 Å². The molecule has 1 aromatic rings. The topological polar surface area (TPSA) is 29.9 Å². The van der Waals surface area contributed by atoms with Crippen molar-refractivity contribution in [2.24, 2.45) is 5.92 Å².